The Morgan fingerprint density at radius 2 is 1.82 bits per heavy atom. The Balaban J connectivity index is 1.65. The molecule has 3 rings (SSSR count). The SMILES string of the molecule is COc1cccc(N2CCN(c3ccc(C#N)nn3)CC2)c1. The van der Waals surface area contributed by atoms with Crippen LogP contribution in [0.4, 0.5) is 11.5 Å². The summed E-state index contributed by atoms with van der Waals surface area (Å²) in [6, 6.07) is 13.7. The fourth-order valence-corrected chi connectivity index (χ4v) is 2.55. The summed E-state index contributed by atoms with van der Waals surface area (Å²) >= 11 is 0. The summed E-state index contributed by atoms with van der Waals surface area (Å²) in [6.45, 7) is 3.57. The lowest BCUT2D eigenvalue weighted by molar-refractivity contribution is 0.414. The van der Waals surface area contributed by atoms with Gasteiger partial charge in [-0.3, -0.25) is 0 Å². The molecule has 0 radical (unpaired) electrons. The number of hydrogen-bond donors (Lipinski definition) is 0. The highest BCUT2D eigenvalue weighted by atomic mass is 16.5. The van der Waals surface area contributed by atoms with E-state index in [-0.39, 0.29) is 0 Å². The van der Waals surface area contributed by atoms with Crippen LogP contribution in [0.3, 0.4) is 0 Å². The van der Waals surface area contributed by atoms with Crippen LogP contribution in [0.25, 0.3) is 0 Å². The molecule has 0 saturated carbocycles. The van der Waals surface area contributed by atoms with E-state index in [1.165, 1.54) is 5.69 Å². The standard InChI is InChI=1S/C16H17N5O/c1-22-15-4-2-3-14(11-15)20-7-9-21(10-8-20)16-6-5-13(12-17)18-19-16/h2-6,11H,7-10H2,1H3. The first-order chi connectivity index (χ1) is 10.8. The molecule has 0 unspecified atom stereocenters. The third-order valence-electron chi connectivity index (χ3n) is 3.79. The number of aromatic nitrogens is 2. The number of rotatable bonds is 3. The first-order valence-electron chi connectivity index (χ1n) is 7.18. The molecule has 22 heavy (non-hydrogen) atoms. The minimum absolute atomic E-state index is 0.346. The lowest BCUT2D eigenvalue weighted by Gasteiger charge is -2.36. The molecule has 6 nitrogen and oxygen atoms in total. The Morgan fingerprint density at radius 1 is 1.05 bits per heavy atom. The van der Waals surface area contributed by atoms with Crippen molar-refractivity contribution in [3.8, 4) is 11.8 Å². The first kappa shape index (κ1) is 14.1. The normalized spacial score (nSPS) is 14.5. The van der Waals surface area contributed by atoms with Crippen molar-refractivity contribution < 1.29 is 4.74 Å². The monoisotopic (exact) mass is 295 g/mol. The van der Waals surface area contributed by atoms with Crippen molar-refractivity contribution in [1.29, 1.82) is 5.26 Å². The second-order valence-corrected chi connectivity index (χ2v) is 5.06. The third-order valence-corrected chi connectivity index (χ3v) is 3.79. The highest BCUT2D eigenvalue weighted by Crippen LogP contribution is 2.23. The summed E-state index contributed by atoms with van der Waals surface area (Å²) in [5, 5.41) is 16.8. The molecule has 1 aromatic heterocycles. The van der Waals surface area contributed by atoms with Crippen LogP contribution < -0.4 is 14.5 Å². The quantitative estimate of drug-likeness (QED) is 0.858. The second kappa shape index (κ2) is 6.31. The number of ether oxygens (including phenoxy) is 1. The molecule has 1 aliphatic heterocycles. The van der Waals surface area contributed by atoms with E-state index >= 15 is 0 Å². The van der Waals surface area contributed by atoms with Crippen LogP contribution in [-0.2, 0) is 0 Å². The molecule has 1 fully saturated rings. The zero-order chi connectivity index (χ0) is 15.4. The number of methoxy groups -OCH3 is 1. The predicted octanol–water partition coefficient (Wildman–Crippen LogP) is 1.68. The van der Waals surface area contributed by atoms with Gasteiger partial charge in [0, 0.05) is 37.9 Å². The average molecular weight is 295 g/mol. The van der Waals surface area contributed by atoms with Crippen LogP contribution in [0.5, 0.6) is 5.75 Å². The predicted molar refractivity (Wildman–Crippen MR) is 84.2 cm³/mol. The highest BCUT2D eigenvalue weighted by molar-refractivity contribution is 5.52. The van der Waals surface area contributed by atoms with Gasteiger partial charge in [0.1, 0.15) is 11.8 Å². The second-order valence-electron chi connectivity index (χ2n) is 5.06. The van der Waals surface area contributed by atoms with Crippen LogP contribution in [0, 0.1) is 11.3 Å². The van der Waals surface area contributed by atoms with Gasteiger partial charge in [0.05, 0.1) is 7.11 Å². The topological polar surface area (TPSA) is 65.3 Å². The van der Waals surface area contributed by atoms with Crippen molar-refractivity contribution in [1.82, 2.24) is 10.2 Å². The molecule has 6 heteroatoms. The Labute approximate surface area is 129 Å². The molecule has 2 heterocycles. The lowest BCUT2D eigenvalue weighted by Crippen LogP contribution is -2.46. The first-order valence-corrected chi connectivity index (χ1v) is 7.18. The van der Waals surface area contributed by atoms with Gasteiger partial charge in [0.2, 0.25) is 0 Å². The maximum absolute atomic E-state index is 8.76. The van der Waals surface area contributed by atoms with Crippen molar-refractivity contribution in [3.05, 3.63) is 42.1 Å². The Morgan fingerprint density at radius 3 is 2.45 bits per heavy atom. The fraction of sp³-hybridized carbons (Fsp3) is 0.312. The lowest BCUT2D eigenvalue weighted by atomic mass is 10.2. The zero-order valence-electron chi connectivity index (χ0n) is 12.4. The molecular formula is C16H17N5O. The van der Waals surface area contributed by atoms with Gasteiger partial charge in [-0.15, -0.1) is 10.2 Å². The molecule has 0 amide bonds. The molecule has 0 N–H and O–H groups in total. The molecule has 1 aliphatic rings. The molecule has 0 atom stereocenters. The van der Waals surface area contributed by atoms with E-state index in [9.17, 15) is 0 Å². The van der Waals surface area contributed by atoms with Gasteiger partial charge >= 0.3 is 0 Å². The van der Waals surface area contributed by atoms with Crippen molar-refractivity contribution in [2.24, 2.45) is 0 Å². The molecule has 0 spiro atoms. The third kappa shape index (κ3) is 2.93. The van der Waals surface area contributed by atoms with E-state index in [2.05, 4.69) is 32.1 Å². The van der Waals surface area contributed by atoms with Crippen molar-refractivity contribution in [2.75, 3.05) is 43.1 Å². The fourth-order valence-electron chi connectivity index (χ4n) is 2.55. The Kier molecular flexibility index (Phi) is 4.05. The summed E-state index contributed by atoms with van der Waals surface area (Å²) in [6.07, 6.45) is 0. The maximum Gasteiger partial charge on any atom is 0.163 e. The van der Waals surface area contributed by atoms with Crippen molar-refractivity contribution in [3.63, 3.8) is 0 Å². The molecule has 0 bridgehead atoms. The van der Waals surface area contributed by atoms with Gasteiger partial charge in [-0.1, -0.05) is 6.07 Å². The van der Waals surface area contributed by atoms with Gasteiger partial charge in [0.15, 0.2) is 11.5 Å². The van der Waals surface area contributed by atoms with Crippen LogP contribution in [-0.4, -0.2) is 43.5 Å². The van der Waals surface area contributed by atoms with Crippen LogP contribution in [0.1, 0.15) is 5.69 Å². The Bertz CT molecular complexity index is 672. The van der Waals surface area contributed by atoms with Gasteiger partial charge < -0.3 is 14.5 Å². The number of hydrogen-bond acceptors (Lipinski definition) is 6. The van der Waals surface area contributed by atoms with E-state index in [0.29, 0.717) is 5.69 Å². The molecule has 1 saturated heterocycles. The molecular weight excluding hydrogens is 278 g/mol. The molecule has 1 aromatic carbocycles. The van der Waals surface area contributed by atoms with Gasteiger partial charge in [-0.05, 0) is 24.3 Å². The molecule has 112 valence electrons. The summed E-state index contributed by atoms with van der Waals surface area (Å²) < 4.78 is 5.28. The maximum atomic E-state index is 8.76. The summed E-state index contributed by atoms with van der Waals surface area (Å²) in [4.78, 5) is 4.51. The highest BCUT2D eigenvalue weighted by Gasteiger charge is 2.18. The number of anilines is 2. The minimum atomic E-state index is 0.346. The number of benzene rings is 1. The van der Waals surface area contributed by atoms with E-state index in [1.54, 1.807) is 13.2 Å². The van der Waals surface area contributed by atoms with Crippen LogP contribution in [0.15, 0.2) is 36.4 Å². The van der Waals surface area contributed by atoms with Crippen molar-refractivity contribution in [2.45, 2.75) is 0 Å². The van der Waals surface area contributed by atoms with E-state index in [4.69, 9.17) is 10.00 Å². The summed E-state index contributed by atoms with van der Waals surface area (Å²) in [7, 11) is 1.68. The molecule has 0 aliphatic carbocycles. The van der Waals surface area contributed by atoms with Gasteiger partial charge in [-0.2, -0.15) is 5.26 Å². The van der Waals surface area contributed by atoms with Crippen LogP contribution >= 0.6 is 0 Å². The zero-order valence-corrected chi connectivity index (χ0v) is 12.4. The minimum Gasteiger partial charge on any atom is -0.497 e. The van der Waals surface area contributed by atoms with E-state index in [1.807, 2.05) is 24.3 Å². The van der Waals surface area contributed by atoms with Crippen molar-refractivity contribution >= 4 is 11.5 Å². The van der Waals surface area contributed by atoms with E-state index < -0.39 is 0 Å². The molecule has 2 aromatic rings. The smallest absolute Gasteiger partial charge is 0.163 e. The van der Waals surface area contributed by atoms with E-state index in [0.717, 1.165) is 37.7 Å². The summed E-state index contributed by atoms with van der Waals surface area (Å²) in [5.74, 6) is 1.70. The Hall–Kier alpha value is -2.81. The van der Waals surface area contributed by atoms with Crippen LogP contribution in [0.2, 0.25) is 0 Å². The average Bonchev–Trinajstić information content (AvgIpc) is 2.62. The number of nitriles is 1. The largest absolute Gasteiger partial charge is 0.497 e. The number of nitrogens with zero attached hydrogens (tertiary/aromatic N) is 5. The van der Waals surface area contributed by atoms with Gasteiger partial charge in [-0.25, -0.2) is 0 Å². The summed E-state index contributed by atoms with van der Waals surface area (Å²) in [5.41, 5.74) is 1.52. The number of piperazine rings is 1. The van der Waals surface area contributed by atoms with Gasteiger partial charge in [0.25, 0.3) is 0 Å².